The molecule has 0 spiro atoms. The van der Waals surface area contributed by atoms with E-state index >= 15 is 0 Å². The smallest absolute Gasteiger partial charge is 0.307 e. The van der Waals surface area contributed by atoms with Gasteiger partial charge in [-0.3, -0.25) is 9.59 Å². The molecule has 1 rings (SSSR count). The van der Waals surface area contributed by atoms with E-state index in [-0.39, 0.29) is 11.5 Å². The molecular weight excluding hydrogens is 200 g/mol. The van der Waals surface area contributed by atoms with E-state index in [4.69, 9.17) is 5.11 Å². The first-order valence-corrected chi connectivity index (χ1v) is 4.50. The van der Waals surface area contributed by atoms with Gasteiger partial charge in [0.05, 0.1) is 6.42 Å². The van der Waals surface area contributed by atoms with Crippen LogP contribution in [0.15, 0.2) is 18.2 Å². The second kappa shape index (κ2) is 4.28. The lowest BCUT2D eigenvalue weighted by molar-refractivity contribution is -0.136. The first-order valence-electron chi connectivity index (χ1n) is 4.06. The summed E-state index contributed by atoms with van der Waals surface area (Å²) >= 11 is 3.71. The van der Waals surface area contributed by atoms with Crippen molar-refractivity contribution >= 4 is 23.7 Å². The number of aliphatic carboxylic acids is 1. The van der Waals surface area contributed by atoms with Gasteiger partial charge in [-0.05, 0) is 18.1 Å². The van der Waals surface area contributed by atoms with Crippen molar-refractivity contribution in [3.8, 4) is 0 Å². The minimum atomic E-state index is -0.906. The summed E-state index contributed by atoms with van der Waals surface area (Å²) in [5.74, 6) is -0.906. The van der Waals surface area contributed by atoms with Crippen molar-refractivity contribution in [2.75, 3.05) is 0 Å². The van der Waals surface area contributed by atoms with Crippen LogP contribution in [0.3, 0.4) is 0 Å². The van der Waals surface area contributed by atoms with Crippen LogP contribution in [0.5, 0.6) is 0 Å². The number of rotatable bonds is 3. The summed E-state index contributed by atoms with van der Waals surface area (Å²) in [6.07, 6.45) is -0.0687. The van der Waals surface area contributed by atoms with E-state index in [0.717, 1.165) is 0 Å². The van der Waals surface area contributed by atoms with E-state index in [1.807, 2.05) is 0 Å². The normalized spacial score (nSPS) is 9.86. The second-order valence-electron chi connectivity index (χ2n) is 2.97. The van der Waals surface area contributed by atoms with Crippen LogP contribution in [0, 0.1) is 6.92 Å². The molecule has 4 heteroatoms. The lowest BCUT2D eigenvalue weighted by Crippen LogP contribution is -2.04. The van der Waals surface area contributed by atoms with Gasteiger partial charge in [0, 0.05) is 5.56 Å². The largest absolute Gasteiger partial charge is 0.481 e. The Balaban J connectivity index is 3.13. The van der Waals surface area contributed by atoms with E-state index in [2.05, 4.69) is 12.6 Å². The summed E-state index contributed by atoms with van der Waals surface area (Å²) in [4.78, 5) is 21.5. The topological polar surface area (TPSA) is 54.4 Å². The predicted molar refractivity (Wildman–Crippen MR) is 55.8 cm³/mol. The molecule has 0 amide bonds. The van der Waals surface area contributed by atoms with Gasteiger partial charge in [-0.2, -0.15) is 0 Å². The van der Waals surface area contributed by atoms with Crippen molar-refractivity contribution in [3.63, 3.8) is 0 Å². The van der Waals surface area contributed by atoms with E-state index in [0.29, 0.717) is 16.7 Å². The monoisotopic (exact) mass is 210 g/mol. The fourth-order valence-electron chi connectivity index (χ4n) is 1.27. The Labute approximate surface area is 87.2 Å². The van der Waals surface area contributed by atoms with Gasteiger partial charge in [0.15, 0.2) is 0 Å². The zero-order valence-corrected chi connectivity index (χ0v) is 8.54. The maximum absolute atomic E-state index is 11.0. The zero-order valence-electron chi connectivity index (χ0n) is 7.65. The van der Waals surface area contributed by atoms with Gasteiger partial charge in [0.1, 0.15) is 0 Å². The number of carboxylic acid groups (broad SMARTS) is 1. The zero-order chi connectivity index (χ0) is 10.7. The number of thiol groups is 1. The van der Waals surface area contributed by atoms with Crippen LogP contribution in [-0.2, 0) is 11.2 Å². The summed E-state index contributed by atoms with van der Waals surface area (Å²) < 4.78 is 0. The average molecular weight is 210 g/mol. The van der Waals surface area contributed by atoms with Crippen molar-refractivity contribution in [1.29, 1.82) is 0 Å². The Kier molecular flexibility index (Phi) is 3.30. The minimum absolute atomic E-state index is 0.0687. The molecule has 0 fully saturated rings. The van der Waals surface area contributed by atoms with Gasteiger partial charge in [0.2, 0.25) is 5.12 Å². The first-order chi connectivity index (χ1) is 6.52. The van der Waals surface area contributed by atoms with E-state index in [1.54, 1.807) is 25.1 Å². The van der Waals surface area contributed by atoms with Gasteiger partial charge in [-0.15, -0.1) is 12.6 Å². The highest BCUT2D eigenvalue weighted by Crippen LogP contribution is 2.16. The highest BCUT2D eigenvalue weighted by molar-refractivity contribution is 7.97. The van der Waals surface area contributed by atoms with E-state index < -0.39 is 5.97 Å². The molecule has 1 aromatic rings. The molecule has 0 aliphatic rings. The van der Waals surface area contributed by atoms with Crippen LogP contribution in [-0.4, -0.2) is 16.2 Å². The molecule has 0 saturated heterocycles. The van der Waals surface area contributed by atoms with Crippen LogP contribution >= 0.6 is 12.6 Å². The third kappa shape index (κ3) is 2.35. The number of carboxylic acids is 1. The van der Waals surface area contributed by atoms with Crippen LogP contribution in [0.2, 0.25) is 0 Å². The Morgan fingerprint density at radius 1 is 1.43 bits per heavy atom. The van der Waals surface area contributed by atoms with Crippen molar-refractivity contribution in [2.45, 2.75) is 13.3 Å². The Morgan fingerprint density at radius 3 is 2.57 bits per heavy atom. The standard InChI is InChI=1S/C10H10O3S/c1-6-7(5-9(11)12)3-2-4-8(6)10(13)14/h2-4H,5H2,1H3,(H,11,12)(H,13,14). The molecular formula is C10H10O3S. The molecule has 74 valence electrons. The first kappa shape index (κ1) is 10.8. The molecule has 0 radical (unpaired) electrons. The summed E-state index contributed by atoms with van der Waals surface area (Å²) in [6.45, 7) is 1.72. The molecule has 0 unspecified atom stereocenters. The molecule has 0 aromatic heterocycles. The molecule has 3 nitrogen and oxygen atoms in total. The molecule has 0 saturated carbocycles. The Hall–Kier alpha value is -1.29. The molecule has 1 aromatic carbocycles. The summed E-state index contributed by atoms with van der Waals surface area (Å²) in [5.41, 5.74) is 1.80. The van der Waals surface area contributed by atoms with Gasteiger partial charge in [-0.1, -0.05) is 18.2 Å². The predicted octanol–water partition coefficient (Wildman–Crippen LogP) is 1.69. The number of hydrogen-bond acceptors (Lipinski definition) is 2. The van der Waals surface area contributed by atoms with Crippen LogP contribution in [0.25, 0.3) is 0 Å². The quantitative estimate of drug-likeness (QED) is 0.746. The van der Waals surface area contributed by atoms with Crippen LogP contribution in [0.1, 0.15) is 21.5 Å². The minimum Gasteiger partial charge on any atom is -0.481 e. The van der Waals surface area contributed by atoms with Gasteiger partial charge < -0.3 is 5.11 Å². The van der Waals surface area contributed by atoms with E-state index in [1.165, 1.54) is 0 Å². The third-order valence-electron chi connectivity index (χ3n) is 2.02. The summed E-state index contributed by atoms with van der Waals surface area (Å²) in [7, 11) is 0. The van der Waals surface area contributed by atoms with Crippen LogP contribution in [0.4, 0.5) is 0 Å². The summed E-state index contributed by atoms with van der Waals surface area (Å²) in [6, 6.07) is 4.99. The molecule has 0 aliphatic heterocycles. The van der Waals surface area contributed by atoms with Gasteiger partial charge in [0.25, 0.3) is 0 Å². The van der Waals surface area contributed by atoms with Crippen molar-refractivity contribution in [1.82, 2.24) is 0 Å². The molecule has 1 N–H and O–H groups in total. The SMILES string of the molecule is Cc1c(CC(=O)O)cccc1C(=O)S. The number of hydrogen-bond donors (Lipinski definition) is 2. The van der Waals surface area contributed by atoms with Crippen molar-refractivity contribution in [3.05, 3.63) is 34.9 Å². The Bertz CT molecular complexity index is 385. The fraction of sp³-hybridized carbons (Fsp3) is 0.200. The Morgan fingerprint density at radius 2 is 2.07 bits per heavy atom. The van der Waals surface area contributed by atoms with Crippen molar-refractivity contribution < 1.29 is 14.7 Å². The second-order valence-corrected chi connectivity index (χ2v) is 3.37. The molecule has 0 atom stereocenters. The average Bonchev–Trinajstić information content (AvgIpc) is 2.07. The van der Waals surface area contributed by atoms with Crippen LogP contribution < -0.4 is 0 Å². The van der Waals surface area contributed by atoms with E-state index in [9.17, 15) is 9.59 Å². The lowest BCUT2D eigenvalue weighted by Gasteiger charge is -2.06. The molecule has 0 aliphatic carbocycles. The number of benzene rings is 1. The maximum atomic E-state index is 11.0. The fourth-order valence-corrected chi connectivity index (χ4v) is 1.51. The number of carbonyl (C=O) groups excluding carboxylic acids is 1. The lowest BCUT2D eigenvalue weighted by atomic mass is 10.0. The third-order valence-corrected chi connectivity index (χ3v) is 2.26. The number of carbonyl (C=O) groups is 2. The summed E-state index contributed by atoms with van der Waals surface area (Å²) in [5, 5.41) is 8.28. The maximum Gasteiger partial charge on any atom is 0.307 e. The highest BCUT2D eigenvalue weighted by atomic mass is 32.1. The molecule has 0 heterocycles. The van der Waals surface area contributed by atoms with Gasteiger partial charge >= 0.3 is 5.97 Å². The van der Waals surface area contributed by atoms with Crippen molar-refractivity contribution in [2.24, 2.45) is 0 Å². The molecule has 14 heavy (non-hydrogen) atoms. The highest BCUT2D eigenvalue weighted by Gasteiger charge is 2.10. The van der Waals surface area contributed by atoms with Gasteiger partial charge in [-0.25, -0.2) is 0 Å². The molecule has 0 bridgehead atoms.